The molecule has 0 spiro atoms. The summed E-state index contributed by atoms with van der Waals surface area (Å²) in [4.78, 5) is 13.5. The highest BCUT2D eigenvalue weighted by Gasteiger charge is 2.10. The number of rotatable bonds is 3. The van der Waals surface area contributed by atoms with Crippen LogP contribution in [0.1, 0.15) is 5.56 Å². The summed E-state index contributed by atoms with van der Waals surface area (Å²) >= 11 is 3.43. The van der Waals surface area contributed by atoms with Crippen LogP contribution in [0.3, 0.4) is 0 Å². The topological polar surface area (TPSA) is 43.6 Å². The van der Waals surface area contributed by atoms with E-state index in [2.05, 4.69) is 39.0 Å². The maximum absolute atomic E-state index is 4.72. The molecule has 3 heterocycles. The predicted octanol–water partition coefficient (Wildman–Crippen LogP) is 3.81. The van der Waals surface area contributed by atoms with Crippen LogP contribution in [-0.2, 0) is 6.54 Å². The van der Waals surface area contributed by atoms with Gasteiger partial charge in [-0.2, -0.15) is 0 Å². The molecule has 3 aromatic heterocycles. The zero-order valence-electron chi connectivity index (χ0n) is 11.4. The smallest absolute Gasteiger partial charge is 0.160 e. The van der Waals surface area contributed by atoms with Crippen molar-refractivity contribution in [2.75, 3.05) is 6.26 Å². The van der Waals surface area contributed by atoms with Crippen LogP contribution in [0.15, 0.2) is 47.2 Å². The zero-order valence-corrected chi connectivity index (χ0v) is 13.0. The van der Waals surface area contributed by atoms with Crippen molar-refractivity contribution in [3.8, 4) is 0 Å². The predicted molar refractivity (Wildman–Crippen MR) is 88.0 cm³/mol. The number of fused-ring (bicyclic) bond motifs is 2. The molecule has 0 radical (unpaired) electrons. The highest BCUT2D eigenvalue weighted by atomic mass is 32.2. The number of hydrogen-bond acceptors (Lipinski definition) is 5. The van der Waals surface area contributed by atoms with Gasteiger partial charge in [-0.3, -0.25) is 0 Å². The van der Waals surface area contributed by atoms with Gasteiger partial charge < -0.3 is 4.57 Å². The normalized spacial score (nSPS) is 11.5. The van der Waals surface area contributed by atoms with Gasteiger partial charge in [0.2, 0.25) is 0 Å². The largest absolute Gasteiger partial charge is 0.311 e. The van der Waals surface area contributed by atoms with Crippen LogP contribution in [0, 0.1) is 0 Å². The van der Waals surface area contributed by atoms with E-state index >= 15 is 0 Å². The summed E-state index contributed by atoms with van der Waals surface area (Å²) in [5.74, 6) is 0. The number of nitrogens with zero attached hydrogens (tertiary/aromatic N) is 4. The van der Waals surface area contributed by atoms with Crippen LogP contribution < -0.4 is 0 Å². The fraction of sp³-hybridized carbons (Fsp3) is 0.133. The summed E-state index contributed by atoms with van der Waals surface area (Å²) in [5.41, 5.74) is 4.13. The van der Waals surface area contributed by atoms with E-state index in [-0.39, 0.29) is 0 Å². The average molecular weight is 312 g/mol. The average Bonchev–Trinajstić information content (AvgIpc) is 3.12. The van der Waals surface area contributed by atoms with Crippen molar-refractivity contribution in [1.82, 2.24) is 19.5 Å². The van der Waals surface area contributed by atoms with Crippen molar-refractivity contribution < 1.29 is 0 Å². The maximum atomic E-state index is 4.72. The highest BCUT2D eigenvalue weighted by Crippen LogP contribution is 2.30. The highest BCUT2D eigenvalue weighted by molar-refractivity contribution is 8.00. The monoisotopic (exact) mass is 312 g/mol. The molecule has 4 rings (SSSR count). The molecule has 0 bridgehead atoms. The van der Waals surface area contributed by atoms with E-state index in [0.717, 1.165) is 27.6 Å². The Morgan fingerprint density at radius 3 is 3.05 bits per heavy atom. The van der Waals surface area contributed by atoms with Crippen molar-refractivity contribution in [2.24, 2.45) is 0 Å². The van der Waals surface area contributed by atoms with Crippen molar-refractivity contribution in [2.45, 2.75) is 10.9 Å². The van der Waals surface area contributed by atoms with E-state index < -0.39 is 0 Å². The summed E-state index contributed by atoms with van der Waals surface area (Å²) in [6.07, 6.45) is 5.71. The summed E-state index contributed by atoms with van der Waals surface area (Å²) in [6.45, 7) is 0.738. The first-order valence-electron chi connectivity index (χ1n) is 6.53. The molecule has 0 amide bonds. The van der Waals surface area contributed by atoms with Gasteiger partial charge in [-0.15, -0.1) is 11.3 Å². The van der Waals surface area contributed by atoms with E-state index in [9.17, 15) is 0 Å². The lowest BCUT2D eigenvalue weighted by Crippen LogP contribution is -1.99. The van der Waals surface area contributed by atoms with Gasteiger partial charge in [-0.25, -0.2) is 15.0 Å². The van der Waals surface area contributed by atoms with Crippen LogP contribution in [0.2, 0.25) is 0 Å². The summed E-state index contributed by atoms with van der Waals surface area (Å²) in [7, 11) is 0. The van der Waals surface area contributed by atoms with Gasteiger partial charge >= 0.3 is 0 Å². The molecule has 4 nitrogen and oxygen atoms in total. The Morgan fingerprint density at radius 1 is 1.19 bits per heavy atom. The minimum absolute atomic E-state index is 0.738. The lowest BCUT2D eigenvalue weighted by molar-refractivity contribution is 0.818. The second kappa shape index (κ2) is 5.13. The van der Waals surface area contributed by atoms with Crippen molar-refractivity contribution in [1.29, 1.82) is 0 Å². The molecule has 6 heteroatoms. The quantitative estimate of drug-likeness (QED) is 0.540. The Hall–Kier alpha value is -1.92. The Kier molecular flexibility index (Phi) is 3.12. The van der Waals surface area contributed by atoms with Crippen molar-refractivity contribution in [3.63, 3.8) is 0 Å². The zero-order chi connectivity index (χ0) is 14.2. The van der Waals surface area contributed by atoms with E-state index in [1.807, 2.05) is 18.5 Å². The van der Waals surface area contributed by atoms with Crippen LogP contribution in [0.4, 0.5) is 0 Å². The summed E-state index contributed by atoms with van der Waals surface area (Å²) < 4.78 is 4.41. The minimum atomic E-state index is 0.738. The number of pyridine rings is 1. The Labute approximate surface area is 129 Å². The number of aromatic nitrogens is 4. The molecule has 21 heavy (non-hydrogen) atoms. The Balaban J connectivity index is 1.82. The second-order valence-electron chi connectivity index (χ2n) is 4.67. The third-order valence-corrected chi connectivity index (χ3v) is 5.38. The van der Waals surface area contributed by atoms with E-state index in [0.29, 0.717) is 0 Å². The molecule has 0 atom stereocenters. The Morgan fingerprint density at radius 2 is 2.14 bits per heavy atom. The molecule has 4 aromatic rings. The van der Waals surface area contributed by atoms with Gasteiger partial charge in [-0.1, -0.05) is 23.9 Å². The van der Waals surface area contributed by atoms with Crippen LogP contribution in [-0.4, -0.2) is 25.8 Å². The SMILES string of the molecule is CSc1nc2c(Cn3cnc4cccnc43)cccc2s1. The van der Waals surface area contributed by atoms with Crippen LogP contribution in [0.25, 0.3) is 21.4 Å². The van der Waals surface area contributed by atoms with Crippen molar-refractivity contribution in [3.05, 3.63) is 48.4 Å². The van der Waals surface area contributed by atoms with Gasteiger partial charge in [0.15, 0.2) is 9.99 Å². The molecule has 0 N–H and O–H groups in total. The van der Waals surface area contributed by atoms with Gasteiger partial charge in [-0.05, 0) is 30.0 Å². The molecular formula is C15H12N4S2. The lowest BCUT2D eigenvalue weighted by Gasteiger charge is -2.04. The molecule has 104 valence electrons. The maximum Gasteiger partial charge on any atom is 0.160 e. The van der Waals surface area contributed by atoms with Gasteiger partial charge in [0.05, 0.1) is 23.1 Å². The molecular weight excluding hydrogens is 300 g/mol. The molecule has 1 aromatic carbocycles. The first-order valence-corrected chi connectivity index (χ1v) is 8.57. The first-order chi connectivity index (χ1) is 10.3. The van der Waals surface area contributed by atoms with Gasteiger partial charge in [0, 0.05) is 6.20 Å². The summed E-state index contributed by atoms with van der Waals surface area (Å²) in [5, 5.41) is 0. The fourth-order valence-electron chi connectivity index (χ4n) is 2.40. The molecule has 0 saturated heterocycles. The van der Waals surface area contributed by atoms with E-state index in [1.165, 1.54) is 10.3 Å². The number of thiazole rings is 1. The second-order valence-corrected chi connectivity index (χ2v) is 6.75. The molecule has 0 unspecified atom stereocenters. The molecule has 0 aliphatic rings. The third kappa shape index (κ3) is 2.20. The first kappa shape index (κ1) is 12.8. The third-order valence-electron chi connectivity index (χ3n) is 3.37. The number of para-hydroxylation sites is 1. The molecule has 0 aliphatic heterocycles. The minimum Gasteiger partial charge on any atom is -0.311 e. The van der Waals surface area contributed by atoms with E-state index in [1.54, 1.807) is 29.3 Å². The number of thioether (sulfide) groups is 1. The van der Waals surface area contributed by atoms with Crippen molar-refractivity contribution >= 4 is 44.5 Å². The molecule has 0 aliphatic carbocycles. The number of imidazole rings is 1. The van der Waals surface area contributed by atoms with E-state index in [4.69, 9.17) is 4.98 Å². The van der Waals surface area contributed by atoms with Gasteiger partial charge in [0.1, 0.15) is 5.52 Å². The fourth-order valence-corrected chi connectivity index (χ4v) is 3.93. The van der Waals surface area contributed by atoms with Gasteiger partial charge in [0.25, 0.3) is 0 Å². The molecule has 0 fully saturated rings. The van der Waals surface area contributed by atoms with Crippen LogP contribution >= 0.6 is 23.1 Å². The molecule has 0 saturated carbocycles. The lowest BCUT2D eigenvalue weighted by atomic mass is 10.2. The summed E-state index contributed by atoms with van der Waals surface area (Å²) in [6, 6.07) is 10.2. The number of benzene rings is 1. The number of hydrogen-bond donors (Lipinski definition) is 0. The Bertz CT molecular complexity index is 926. The van der Waals surface area contributed by atoms with Crippen LogP contribution in [0.5, 0.6) is 0 Å². The standard InChI is InChI=1S/C15H12N4S2/c1-20-15-18-13-10(4-2-6-12(13)21-15)8-19-9-17-11-5-3-7-16-14(11)19/h2-7,9H,8H2,1H3.